The Morgan fingerprint density at radius 2 is 1.61 bits per heavy atom. The van der Waals surface area contributed by atoms with Crippen LogP contribution in [0.4, 0.5) is 11.4 Å². The van der Waals surface area contributed by atoms with Crippen LogP contribution in [0, 0.1) is 0 Å². The molecule has 0 aliphatic heterocycles. The molecular formula is C31H26Cl2N4O3S. The Morgan fingerprint density at radius 1 is 0.878 bits per heavy atom. The van der Waals surface area contributed by atoms with Crippen LogP contribution < -0.4 is 16.0 Å². The number of anilines is 2. The molecule has 0 aliphatic rings. The third-order valence-corrected chi connectivity index (χ3v) is 7.98. The summed E-state index contributed by atoms with van der Waals surface area (Å²) < 4.78 is 0. The number of thioether (sulfide) groups is 1. The van der Waals surface area contributed by atoms with Gasteiger partial charge in [0.2, 0.25) is 5.91 Å². The Hall–Kier alpha value is -4.11. The van der Waals surface area contributed by atoms with Crippen molar-refractivity contribution in [2.75, 3.05) is 10.6 Å². The van der Waals surface area contributed by atoms with Crippen molar-refractivity contribution >= 4 is 70.1 Å². The molecule has 1 unspecified atom stereocenters. The number of amides is 3. The fourth-order valence-corrected chi connectivity index (χ4v) is 5.10. The summed E-state index contributed by atoms with van der Waals surface area (Å²) in [7, 11) is 0. The monoisotopic (exact) mass is 604 g/mol. The van der Waals surface area contributed by atoms with Crippen molar-refractivity contribution in [3.63, 3.8) is 0 Å². The number of rotatable bonds is 10. The standard InChI is InChI=1S/C31H26Cl2N4O3S/c1-2-27(31(40)35-22-14-16-34-17-15-22)41-24-12-7-11-23(19-24)36-30(39)26(18-21-10-6-13-25(32)28(21)33)37-29(38)20-8-4-3-5-9-20/h3-19,27H,2H2,1H3,(H,36,39)(H,37,38)(H,34,35,40)/b26-18+. The number of benzene rings is 3. The molecule has 0 aliphatic carbocycles. The number of aromatic nitrogens is 1. The minimum absolute atomic E-state index is 0.0239. The molecule has 3 N–H and O–H groups in total. The summed E-state index contributed by atoms with van der Waals surface area (Å²) in [6.45, 7) is 1.93. The molecule has 3 amide bonds. The minimum atomic E-state index is -0.560. The average Bonchev–Trinajstić information content (AvgIpc) is 2.98. The quantitative estimate of drug-likeness (QED) is 0.130. The highest BCUT2D eigenvalue weighted by atomic mass is 35.5. The molecule has 1 aromatic heterocycles. The van der Waals surface area contributed by atoms with Crippen molar-refractivity contribution in [1.29, 1.82) is 0 Å². The zero-order chi connectivity index (χ0) is 29.2. The third-order valence-electron chi connectivity index (χ3n) is 5.79. The number of hydrogen-bond donors (Lipinski definition) is 3. The van der Waals surface area contributed by atoms with Crippen LogP contribution in [0.25, 0.3) is 6.08 Å². The van der Waals surface area contributed by atoms with Gasteiger partial charge in [-0.05, 0) is 66.6 Å². The molecule has 7 nitrogen and oxygen atoms in total. The maximum Gasteiger partial charge on any atom is 0.272 e. The van der Waals surface area contributed by atoms with Crippen LogP contribution in [-0.4, -0.2) is 28.0 Å². The van der Waals surface area contributed by atoms with Gasteiger partial charge >= 0.3 is 0 Å². The lowest BCUT2D eigenvalue weighted by Gasteiger charge is -2.16. The van der Waals surface area contributed by atoms with E-state index >= 15 is 0 Å². The summed E-state index contributed by atoms with van der Waals surface area (Å²) in [5.41, 5.74) is 1.98. The molecule has 1 atom stereocenters. The van der Waals surface area contributed by atoms with Crippen molar-refractivity contribution in [1.82, 2.24) is 10.3 Å². The van der Waals surface area contributed by atoms with Crippen molar-refractivity contribution in [3.05, 3.63) is 124 Å². The first-order valence-corrected chi connectivity index (χ1v) is 14.3. The normalized spacial score (nSPS) is 11.8. The zero-order valence-corrected chi connectivity index (χ0v) is 24.3. The number of nitrogens with zero attached hydrogens (tertiary/aromatic N) is 1. The number of carbonyl (C=O) groups excluding carboxylic acids is 3. The van der Waals surface area contributed by atoms with E-state index in [0.717, 1.165) is 4.90 Å². The molecule has 3 aromatic carbocycles. The van der Waals surface area contributed by atoms with Gasteiger partial charge in [-0.2, -0.15) is 0 Å². The number of nitrogens with one attached hydrogen (secondary N) is 3. The van der Waals surface area contributed by atoms with Gasteiger partial charge in [-0.1, -0.05) is 66.5 Å². The van der Waals surface area contributed by atoms with E-state index in [9.17, 15) is 14.4 Å². The van der Waals surface area contributed by atoms with E-state index in [-0.39, 0.29) is 21.9 Å². The van der Waals surface area contributed by atoms with Crippen molar-refractivity contribution in [2.45, 2.75) is 23.5 Å². The Bertz CT molecular complexity index is 1570. The van der Waals surface area contributed by atoms with Crippen molar-refractivity contribution in [2.24, 2.45) is 0 Å². The van der Waals surface area contributed by atoms with Gasteiger partial charge in [-0.3, -0.25) is 19.4 Å². The van der Waals surface area contributed by atoms with Crippen LogP contribution in [0.3, 0.4) is 0 Å². The average molecular weight is 606 g/mol. The second-order valence-electron chi connectivity index (χ2n) is 8.74. The highest BCUT2D eigenvalue weighted by Gasteiger charge is 2.20. The Labute approximate surface area is 252 Å². The van der Waals surface area contributed by atoms with Crippen LogP contribution in [0.1, 0.15) is 29.3 Å². The molecular weight excluding hydrogens is 579 g/mol. The summed E-state index contributed by atoms with van der Waals surface area (Å²) in [6.07, 6.45) is 5.29. The van der Waals surface area contributed by atoms with Crippen LogP contribution >= 0.6 is 35.0 Å². The van der Waals surface area contributed by atoms with Crippen LogP contribution in [0.2, 0.25) is 10.0 Å². The number of carbonyl (C=O) groups is 3. The topological polar surface area (TPSA) is 100 Å². The van der Waals surface area contributed by atoms with E-state index in [1.807, 2.05) is 13.0 Å². The predicted molar refractivity (Wildman–Crippen MR) is 166 cm³/mol. The van der Waals surface area contributed by atoms with E-state index in [1.54, 1.807) is 91.3 Å². The fourth-order valence-electron chi connectivity index (χ4n) is 3.72. The van der Waals surface area contributed by atoms with Gasteiger partial charge in [0.05, 0.1) is 15.3 Å². The van der Waals surface area contributed by atoms with Crippen LogP contribution in [0.15, 0.2) is 108 Å². The smallest absolute Gasteiger partial charge is 0.272 e. The summed E-state index contributed by atoms with van der Waals surface area (Å²) in [5.74, 6) is -1.15. The van der Waals surface area contributed by atoms with E-state index in [2.05, 4.69) is 20.9 Å². The summed E-state index contributed by atoms with van der Waals surface area (Å²) in [5, 5.41) is 8.63. The molecule has 0 saturated heterocycles. The Kier molecular flexibility index (Phi) is 10.6. The van der Waals surface area contributed by atoms with Gasteiger partial charge in [0.15, 0.2) is 0 Å². The molecule has 0 radical (unpaired) electrons. The largest absolute Gasteiger partial charge is 0.325 e. The van der Waals surface area contributed by atoms with E-state index in [1.165, 1.54) is 17.8 Å². The second-order valence-corrected chi connectivity index (χ2v) is 10.8. The van der Waals surface area contributed by atoms with Gasteiger partial charge in [0.1, 0.15) is 5.70 Å². The summed E-state index contributed by atoms with van der Waals surface area (Å²) in [6, 6.07) is 24.2. The van der Waals surface area contributed by atoms with Crippen LogP contribution in [0.5, 0.6) is 0 Å². The SMILES string of the molecule is CCC(Sc1cccc(NC(=O)/C(=C\c2cccc(Cl)c2Cl)NC(=O)c2ccccc2)c1)C(=O)Nc1ccncc1. The van der Waals surface area contributed by atoms with E-state index < -0.39 is 11.8 Å². The molecule has 0 saturated carbocycles. The van der Waals surface area contributed by atoms with Crippen molar-refractivity contribution in [3.8, 4) is 0 Å². The number of pyridine rings is 1. The van der Waals surface area contributed by atoms with E-state index in [4.69, 9.17) is 23.2 Å². The van der Waals surface area contributed by atoms with Gasteiger partial charge < -0.3 is 16.0 Å². The minimum Gasteiger partial charge on any atom is -0.325 e. The maximum atomic E-state index is 13.4. The van der Waals surface area contributed by atoms with Gasteiger partial charge in [-0.25, -0.2) is 0 Å². The lowest BCUT2D eigenvalue weighted by Crippen LogP contribution is -2.30. The summed E-state index contributed by atoms with van der Waals surface area (Å²) >= 11 is 13.9. The first kappa shape index (κ1) is 29.9. The second kappa shape index (κ2) is 14.5. The molecule has 41 heavy (non-hydrogen) atoms. The Balaban J connectivity index is 1.53. The lowest BCUT2D eigenvalue weighted by molar-refractivity contribution is -0.116. The zero-order valence-electron chi connectivity index (χ0n) is 21.9. The molecule has 4 aromatic rings. The maximum absolute atomic E-state index is 13.4. The molecule has 0 spiro atoms. The lowest BCUT2D eigenvalue weighted by atomic mass is 10.1. The third kappa shape index (κ3) is 8.44. The first-order valence-electron chi connectivity index (χ1n) is 12.6. The van der Waals surface area contributed by atoms with Gasteiger partial charge in [-0.15, -0.1) is 11.8 Å². The summed E-state index contributed by atoms with van der Waals surface area (Å²) in [4.78, 5) is 44.0. The molecule has 208 valence electrons. The van der Waals surface area contributed by atoms with Crippen molar-refractivity contribution < 1.29 is 14.4 Å². The predicted octanol–water partition coefficient (Wildman–Crippen LogP) is 7.31. The Morgan fingerprint density at radius 3 is 2.34 bits per heavy atom. The molecule has 4 rings (SSSR count). The first-order chi connectivity index (χ1) is 19.8. The number of hydrogen-bond acceptors (Lipinski definition) is 5. The fraction of sp³-hybridized carbons (Fsp3) is 0.0968. The highest BCUT2D eigenvalue weighted by molar-refractivity contribution is 8.00. The highest BCUT2D eigenvalue weighted by Crippen LogP contribution is 2.30. The number of halogens is 2. The molecule has 0 fully saturated rings. The van der Waals surface area contributed by atoms with Gasteiger partial charge in [0.25, 0.3) is 11.8 Å². The molecule has 1 heterocycles. The van der Waals surface area contributed by atoms with E-state index in [0.29, 0.717) is 33.9 Å². The molecule has 0 bridgehead atoms. The molecule has 10 heteroatoms. The van der Waals surface area contributed by atoms with Gasteiger partial charge in [0, 0.05) is 34.2 Å². The van der Waals surface area contributed by atoms with Crippen LogP contribution in [-0.2, 0) is 9.59 Å².